The molecular weight excluding hydrogens is 474 g/mol. The lowest BCUT2D eigenvalue weighted by atomic mass is 9.47. The van der Waals surface area contributed by atoms with Crippen LogP contribution in [-0.4, -0.2) is 63.2 Å². The van der Waals surface area contributed by atoms with E-state index in [0.717, 1.165) is 74.9 Å². The van der Waals surface area contributed by atoms with Crippen LogP contribution in [0.25, 0.3) is 0 Å². The maximum atomic E-state index is 13.2. The Labute approximate surface area is 229 Å². The van der Waals surface area contributed by atoms with Gasteiger partial charge in [-0.2, -0.15) is 0 Å². The molecule has 0 bridgehead atoms. The minimum absolute atomic E-state index is 0.124. The number of aromatic nitrogens is 3. The van der Waals surface area contributed by atoms with Crippen molar-refractivity contribution in [2.75, 3.05) is 31.1 Å². The van der Waals surface area contributed by atoms with E-state index in [9.17, 15) is 9.90 Å². The predicted octanol–water partition coefficient (Wildman–Crippen LogP) is 4.82. The van der Waals surface area contributed by atoms with Crippen LogP contribution in [0.5, 0.6) is 0 Å². The SMILES string of the molecule is CC(CCC(=O)N1CCN(c2cn(C)nn2)CC1)[C@H]1CC[C@H]2[C@@H]3CC=C4C[C@@H](O)CC[C@]4(C)[C@H]3CC[C@]12C. The fourth-order valence-electron chi connectivity index (χ4n) is 9.99. The predicted molar refractivity (Wildman–Crippen MR) is 149 cm³/mol. The molecule has 4 fully saturated rings. The van der Waals surface area contributed by atoms with E-state index in [1.54, 1.807) is 10.3 Å². The highest BCUT2D eigenvalue weighted by atomic mass is 16.3. The second-order valence-corrected chi connectivity index (χ2v) is 14.0. The van der Waals surface area contributed by atoms with Crippen LogP contribution in [-0.2, 0) is 11.8 Å². The van der Waals surface area contributed by atoms with E-state index >= 15 is 0 Å². The van der Waals surface area contributed by atoms with Gasteiger partial charge in [-0.1, -0.05) is 37.6 Å². The van der Waals surface area contributed by atoms with Crippen LogP contribution in [0.3, 0.4) is 0 Å². The molecule has 0 spiro atoms. The van der Waals surface area contributed by atoms with Crippen molar-refractivity contribution in [2.24, 2.45) is 47.5 Å². The molecule has 1 aromatic heterocycles. The van der Waals surface area contributed by atoms with Gasteiger partial charge < -0.3 is 14.9 Å². The topological polar surface area (TPSA) is 74.5 Å². The third-order valence-electron chi connectivity index (χ3n) is 12.2. The highest BCUT2D eigenvalue weighted by Gasteiger charge is 2.59. The van der Waals surface area contributed by atoms with Crippen molar-refractivity contribution in [1.82, 2.24) is 19.9 Å². The lowest BCUT2D eigenvalue weighted by molar-refractivity contribution is -0.132. The number of hydrogen-bond acceptors (Lipinski definition) is 5. The number of allylic oxidation sites excluding steroid dienone is 1. The van der Waals surface area contributed by atoms with Crippen molar-refractivity contribution < 1.29 is 9.90 Å². The lowest BCUT2D eigenvalue weighted by Gasteiger charge is -2.58. The second kappa shape index (κ2) is 9.94. The van der Waals surface area contributed by atoms with E-state index in [2.05, 4.69) is 47.0 Å². The van der Waals surface area contributed by atoms with Gasteiger partial charge in [0.2, 0.25) is 5.91 Å². The number of carbonyl (C=O) groups is 1. The Morgan fingerprint density at radius 1 is 1.11 bits per heavy atom. The largest absolute Gasteiger partial charge is 0.393 e. The Balaban J connectivity index is 1.04. The first-order valence-electron chi connectivity index (χ1n) is 15.5. The molecular formula is C31H49N5O2. The molecule has 38 heavy (non-hydrogen) atoms. The van der Waals surface area contributed by atoms with Crippen LogP contribution in [0.4, 0.5) is 5.82 Å². The van der Waals surface area contributed by atoms with E-state index in [-0.39, 0.29) is 6.10 Å². The van der Waals surface area contributed by atoms with Crippen molar-refractivity contribution in [3.05, 3.63) is 17.8 Å². The molecule has 3 saturated carbocycles. The quantitative estimate of drug-likeness (QED) is 0.560. The van der Waals surface area contributed by atoms with Crippen LogP contribution < -0.4 is 4.90 Å². The first-order valence-corrected chi connectivity index (χ1v) is 15.5. The summed E-state index contributed by atoms with van der Waals surface area (Å²) in [5, 5.41) is 18.6. The van der Waals surface area contributed by atoms with Gasteiger partial charge in [-0.15, -0.1) is 5.10 Å². The molecule has 7 heteroatoms. The van der Waals surface area contributed by atoms with E-state index in [1.807, 2.05) is 13.2 Å². The lowest BCUT2D eigenvalue weighted by Crippen LogP contribution is -2.51. The molecule has 1 saturated heterocycles. The molecule has 5 aliphatic rings. The number of fused-ring (bicyclic) bond motifs is 5. The zero-order chi connectivity index (χ0) is 26.7. The molecule has 8 atom stereocenters. The number of piperazine rings is 1. The van der Waals surface area contributed by atoms with Gasteiger partial charge in [-0.3, -0.25) is 9.48 Å². The molecule has 1 unspecified atom stereocenters. The summed E-state index contributed by atoms with van der Waals surface area (Å²) in [5.41, 5.74) is 2.30. The molecule has 2 heterocycles. The van der Waals surface area contributed by atoms with Gasteiger partial charge in [0, 0.05) is 39.6 Å². The van der Waals surface area contributed by atoms with Crippen LogP contribution in [0.2, 0.25) is 0 Å². The molecule has 1 N–H and O–H groups in total. The highest BCUT2D eigenvalue weighted by Crippen LogP contribution is 2.67. The highest BCUT2D eigenvalue weighted by molar-refractivity contribution is 5.76. The van der Waals surface area contributed by atoms with Crippen LogP contribution in [0.15, 0.2) is 17.8 Å². The zero-order valence-corrected chi connectivity index (χ0v) is 24.1. The molecule has 7 nitrogen and oxygen atoms in total. The normalized spacial score (nSPS) is 39.7. The number of aryl methyl sites for hydroxylation is 1. The standard InChI is InChI=1S/C31H49N5O2/c1-21(5-10-29(38)36-17-15-35(16-18-36)28-20-34(4)33-32-28)25-8-9-26-24-7-6-22-19-23(37)11-13-30(22,2)27(24)12-14-31(25,26)3/h6,20-21,23-27,37H,5,7-19H2,1-4H3/t21?,23-,24-,25+,26-,27-,30-,31+/m0/s1. The molecule has 1 amide bonds. The van der Waals surface area contributed by atoms with Crippen LogP contribution >= 0.6 is 0 Å². The van der Waals surface area contributed by atoms with Gasteiger partial charge in [0.1, 0.15) is 0 Å². The number of anilines is 1. The molecule has 0 radical (unpaired) electrons. The summed E-state index contributed by atoms with van der Waals surface area (Å²) in [4.78, 5) is 17.5. The number of aliphatic hydroxyl groups is 1. The Bertz CT molecular complexity index is 1060. The number of amides is 1. The van der Waals surface area contributed by atoms with Crippen LogP contribution in [0, 0.1) is 40.4 Å². The number of nitrogens with zero attached hydrogens (tertiary/aromatic N) is 5. The van der Waals surface area contributed by atoms with Gasteiger partial charge in [0.25, 0.3) is 0 Å². The fraction of sp³-hybridized carbons (Fsp3) is 0.839. The van der Waals surface area contributed by atoms with Crippen molar-refractivity contribution >= 4 is 11.7 Å². The first-order chi connectivity index (χ1) is 18.2. The van der Waals surface area contributed by atoms with Gasteiger partial charge >= 0.3 is 0 Å². The Kier molecular flexibility index (Phi) is 6.89. The third kappa shape index (κ3) is 4.41. The Morgan fingerprint density at radius 3 is 2.63 bits per heavy atom. The maximum Gasteiger partial charge on any atom is 0.222 e. The van der Waals surface area contributed by atoms with Gasteiger partial charge in [-0.25, -0.2) is 0 Å². The van der Waals surface area contributed by atoms with Gasteiger partial charge in [0.15, 0.2) is 5.82 Å². The third-order valence-corrected chi connectivity index (χ3v) is 12.2. The van der Waals surface area contributed by atoms with E-state index < -0.39 is 0 Å². The van der Waals surface area contributed by atoms with Gasteiger partial charge in [0.05, 0.1) is 12.3 Å². The molecule has 6 rings (SSSR count). The summed E-state index contributed by atoms with van der Waals surface area (Å²) in [5.74, 6) is 5.00. The fourth-order valence-corrected chi connectivity index (χ4v) is 9.99. The summed E-state index contributed by atoms with van der Waals surface area (Å²) < 4.78 is 1.73. The number of hydrogen-bond donors (Lipinski definition) is 1. The van der Waals surface area contributed by atoms with Crippen molar-refractivity contribution in [3.63, 3.8) is 0 Å². The summed E-state index contributed by atoms with van der Waals surface area (Å²) >= 11 is 0. The van der Waals surface area contributed by atoms with Gasteiger partial charge in [-0.05, 0) is 98.2 Å². The van der Waals surface area contributed by atoms with E-state index in [0.29, 0.717) is 29.1 Å². The number of rotatable bonds is 5. The average Bonchev–Trinajstić information content (AvgIpc) is 3.50. The van der Waals surface area contributed by atoms with Crippen molar-refractivity contribution in [1.29, 1.82) is 0 Å². The molecule has 0 aromatic carbocycles. The van der Waals surface area contributed by atoms with Crippen molar-refractivity contribution in [3.8, 4) is 0 Å². The molecule has 1 aliphatic heterocycles. The summed E-state index contributed by atoms with van der Waals surface area (Å²) in [6.45, 7) is 10.8. The van der Waals surface area contributed by atoms with E-state index in [1.165, 1.54) is 38.5 Å². The minimum atomic E-state index is -0.124. The Hall–Kier alpha value is -1.89. The van der Waals surface area contributed by atoms with Crippen molar-refractivity contribution in [2.45, 2.75) is 91.1 Å². The number of aliphatic hydroxyl groups excluding tert-OH is 1. The smallest absolute Gasteiger partial charge is 0.222 e. The summed E-state index contributed by atoms with van der Waals surface area (Å²) in [7, 11) is 1.89. The average molecular weight is 524 g/mol. The first kappa shape index (κ1) is 26.3. The minimum Gasteiger partial charge on any atom is -0.393 e. The van der Waals surface area contributed by atoms with E-state index in [4.69, 9.17) is 0 Å². The summed E-state index contributed by atoms with van der Waals surface area (Å²) in [6.07, 6.45) is 15.7. The Morgan fingerprint density at radius 2 is 1.89 bits per heavy atom. The van der Waals surface area contributed by atoms with Crippen LogP contribution in [0.1, 0.15) is 85.0 Å². The molecule has 1 aromatic rings. The second-order valence-electron chi connectivity index (χ2n) is 14.0. The number of carbonyl (C=O) groups excluding carboxylic acids is 1. The maximum absolute atomic E-state index is 13.2. The zero-order valence-electron chi connectivity index (χ0n) is 24.1. The molecule has 4 aliphatic carbocycles. The monoisotopic (exact) mass is 523 g/mol. The summed E-state index contributed by atoms with van der Waals surface area (Å²) in [6, 6.07) is 0. The molecule has 210 valence electrons.